The SMILES string of the molecule is CCOC(C)C(CCc1ccnn1C)NC. The van der Waals surface area contributed by atoms with Crippen LogP contribution < -0.4 is 5.32 Å². The number of rotatable bonds is 7. The van der Waals surface area contributed by atoms with Gasteiger partial charge in [0.15, 0.2) is 0 Å². The van der Waals surface area contributed by atoms with Gasteiger partial charge in [-0.1, -0.05) is 0 Å². The summed E-state index contributed by atoms with van der Waals surface area (Å²) < 4.78 is 7.54. The highest BCUT2D eigenvalue weighted by Crippen LogP contribution is 2.08. The Labute approximate surface area is 98.0 Å². The Kier molecular flexibility index (Phi) is 5.49. The topological polar surface area (TPSA) is 39.1 Å². The van der Waals surface area contributed by atoms with Crippen LogP contribution in [-0.2, 0) is 18.2 Å². The molecule has 2 atom stereocenters. The minimum atomic E-state index is 0.253. The molecule has 92 valence electrons. The van der Waals surface area contributed by atoms with E-state index in [1.165, 1.54) is 5.69 Å². The smallest absolute Gasteiger partial charge is 0.0699 e. The van der Waals surface area contributed by atoms with Crippen LogP contribution in [0.15, 0.2) is 12.3 Å². The maximum atomic E-state index is 5.61. The van der Waals surface area contributed by atoms with E-state index in [9.17, 15) is 0 Å². The van der Waals surface area contributed by atoms with Crippen LogP contribution in [0.5, 0.6) is 0 Å². The maximum absolute atomic E-state index is 5.61. The molecule has 0 fully saturated rings. The molecule has 0 aromatic carbocycles. The van der Waals surface area contributed by atoms with E-state index in [-0.39, 0.29) is 6.10 Å². The molecule has 0 aliphatic heterocycles. The average molecular weight is 225 g/mol. The molecule has 1 aromatic rings. The van der Waals surface area contributed by atoms with Gasteiger partial charge in [-0.15, -0.1) is 0 Å². The first-order valence-corrected chi connectivity index (χ1v) is 5.94. The van der Waals surface area contributed by atoms with Gasteiger partial charge < -0.3 is 10.1 Å². The molecule has 1 N–H and O–H groups in total. The molecule has 0 saturated carbocycles. The lowest BCUT2D eigenvalue weighted by atomic mass is 10.1. The minimum absolute atomic E-state index is 0.253. The van der Waals surface area contributed by atoms with E-state index in [1.807, 2.05) is 31.9 Å². The molecule has 4 nitrogen and oxygen atoms in total. The third kappa shape index (κ3) is 3.61. The molecule has 0 spiro atoms. The molecule has 1 heterocycles. The second-order valence-corrected chi connectivity index (χ2v) is 4.04. The van der Waals surface area contributed by atoms with Gasteiger partial charge in [-0.25, -0.2) is 0 Å². The van der Waals surface area contributed by atoms with Crippen molar-refractivity contribution in [3.05, 3.63) is 18.0 Å². The van der Waals surface area contributed by atoms with Crippen molar-refractivity contribution < 1.29 is 4.74 Å². The van der Waals surface area contributed by atoms with Crippen molar-refractivity contribution in [2.24, 2.45) is 7.05 Å². The van der Waals surface area contributed by atoms with Crippen molar-refractivity contribution in [1.29, 1.82) is 0 Å². The Balaban J connectivity index is 2.42. The predicted octanol–water partition coefficient (Wildman–Crippen LogP) is 1.37. The van der Waals surface area contributed by atoms with Crippen molar-refractivity contribution in [1.82, 2.24) is 15.1 Å². The highest BCUT2D eigenvalue weighted by Gasteiger charge is 2.15. The van der Waals surface area contributed by atoms with Crippen LogP contribution in [0.4, 0.5) is 0 Å². The van der Waals surface area contributed by atoms with E-state index in [2.05, 4.69) is 23.4 Å². The lowest BCUT2D eigenvalue weighted by molar-refractivity contribution is 0.0473. The first kappa shape index (κ1) is 13.2. The summed E-state index contributed by atoms with van der Waals surface area (Å²) in [5, 5.41) is 7.48. The van der Waals surface area contributed by atoms with Crippen LogP contribution in [0.3, 0.4) is 0 Å². The summed E-state index contributed by atoms with van der Waals surface area (Å²) >= 11 is 0. The fourth-order valence-corrected chi connectivity index (χ4v) is 1.94. The fraction of sp³-hybridized carbons (Fsp3) is 0.750. The Morgan fingerprint density at radius 3 is 2.81 bits per heavy atom. The van der Waals surface area contributed by atoms with Gasteiger partial charge in [-0.05, 0) is 39.8 Å². The van der Waals surface area contributed by atoms with Crippen LogP contribution in [0, 0.1) is 0 Å². The summed E-state index contributed by atoms with van der Waals surface area (Å²) in [6, 6.07) is 2.47. The number of nitrogens with zero attached hydrogens (tertiary/aromatic N) is 2. The van der Waals surface area contributed by atoms with Crippen LogP contribution in [0.25, 0.3) is 0 Å². The Hall–Kier alpha value is -0.870. The predicted molar refractivity (Wildman–Crippen MR) is 65.5 cm³/mol. The molecule has 16 heavy (non-hydrogen) atoms. The van der Waals surface area contributed by atoms with E-state index < -0.39 is 0 Å². The third-order valence-electron chi connectivity index (χ3n) is 3.00. The summed E-state index contributed by atoms with van der Waals surface area (Å²) in [6.07, 6.45) is 4.19. The zero-order valence-corrected chi connectivity index (χ0v) is 10.7. The molecule has 2 unspecified atom stereocenters. The average Bonchev–Trinajstić information content (AvgIpc) is 2.66. The summed E-state index contributed by atoms with van der Waals surface area (Å²) in [7, 11) is 3.97. The Morgan fingerprint density at radius 1 is 1.56 bits per heavy atom. The van der Waals surface area contributed by atoms with Gasteiger partial charge in [0.25, 0.3) is 0 Å². The third-order valence-corrected chi connectivity index (χ3v) is 3.00. The minimum Gasteiger partial charge on any atom is -0.377 e. The molecule has 1 rings (SSSR count). The molecule has 0 bridgehead atoms. The molecular weight excluding hydrogens is 202 g/mol. The molecule has 1 aromatic heterocycles. The molecule has 0 aliphatic rings. The number of likely N-dealkylation sites (N-methyl/N-ethyl adjacent to an activating group) is 1. The number of aryl methyl sites for hydroxylation is 2. The molecule has 0 aliphatic carbocycles. The van der Waals surface area contributed by atoms with Gasteiger partial charge in [-0.3, -0.25) is 4.68 Å². The van der Waals surface area contributed by atoms with Gasteiger partial charge in [0, 0.05) is 31.6 Å². The van der Waals surface area contributed by atoms with E-state index in [0.717, 1.165) is 19.4 Å². The van der Waals surface area contributed by atoms with Crippen LogP contribution >= 0.6 is 0 Å². The van der Waals surface area contributed by atoms with Crippen molar-refractivity contribution in [2.75, 3.05) is 13.7 Å². The quantitative estimate of drug-likeness (QED) is 0.761. The largest absolute Gasteiger partial charge is 0.377 e. The number of nitrogens with one attached hydrogen (secondary N) is 1. The van der Waals surface area contributed by atoms with Crippen molar-refractivity contribution in [2.45, 2.75) is 38.8 Å². The van der Waals surface area contributed by atoms with Gasteiger partial charge in [-0.2, -0.15) is 5.10 Å². The molecule has 0 saturated heterocycles. The van der Waals surface area contributed by atoms with Gasteiger partial charge in [0.05, 0.1) is 6.10 Å². The summed E-state index contributed by atoms with van der Waals surface area (Å²) in [5.41, 5.74) is 1.27. The number of ether oxygens (including phenoxy) is 1. The second kappa shape index (κ2) is 6.66. The highest BCUT2D eigenvalue weighted by molar-refractivity contribution is 5.00. The second-order valence-electron chi connectivity index (χ2n) is 4.04. The summed E-state index contributed by atoms with van der Waals surface area (Å²) in [5.74, 6) is 0. The van der Waals surface area contributed by atoms with E-state index >= 15 is 0 Å². The first-order valence-electron chi connectivity index (χ1n) is 5.94. The molecular formula is C12H23N3O. The Morgan fingerprint density at radius 2 is 2.31 bits per heavy atom. The van der Waals surface area contributed by atoms with E-state index in [4.69, 9.17) is 4.74 Å². The number of aromatic nitrogens is 2. The molecule has 0 radical (unpaired) electrons. The monoisotopic (exact) mass is 225 g/mol. The van der Waals surface area contributed by atoms with Crippen molar-refractivity contribution in [3.63, 3.8) is 0 Å². The zero-order chi connectivity index (χ0) is 12.0. The highest BCUT2D eigenvalue weighted by atomic mass is 16.5. The van der Waals surface area contributed by atoms with Crippen LogP contribution in [0.2, 0.25) is 0 Å². The standard InChI is InChI=1S/C12H23N3O/c1-5-16-10(2)12(13-3)7-6-11-8-9-14-15(11)4/h8-10,12-13H,5-7H2,1-4H3. The number of hydrogen-bond donors (Lipinski definition) is 1. The van der Waals surface area contributed by atoms with Crippen LogP contribution in [-0.4, -0.2) is 35.6 Å². The molecule has 4 heteroatoms. The summed E-state index contributed by atoms with van der Waals surface area (Å²) in [4.78, 5) is 0. The lowest BCUT2D eigenvalue weighted by Crippen LogP contribution is -2.38. The molecule has 0 amide bonds. The summed E-state index contributed by atoms with van der Waals surface area (Å²) in [6.45, 7) is 4.92. The van der Waals surface area contributed by atoms with Gasteiger partial charge in [0.1, 0.15) is 0 Å². The van der Waals surface area contributed by atoms with Gasteiger partial charge >= 0.3 is 0 Å². The van der Waals surface area contributed by atoms with Crippen molar-refractivity contribution in [3.8, 4) is 0 Å². The van der Waals surface area contributed by atoms with Gasteiger partial charge in [0.2, 0.25) is 0 Å². The maximum Gasteiger partial charge on any atom is 0.0699 e. The fourth-order valence-electron chi connectivity index (χ4n) is 1.94. The zero-order valence-electron chi connectivity index (χ0n) is 10.7. The lowest BCUT2D eigenvalue weighted by Gasteiger charge is -2.23. The first-order chi connectivity index (χ1) is 7.69. The number of hydrogen-bond acceptors (Lipinski definition) is 3. The normalized spacial score (nSPS) is 15.0. The van der Waals surface area contributed by atoms with E-state index in [0.29, 0.717) is 6.04 Å². The van der Waals surface area contributed by atoms with E-state index in [1.54, 1.807) is 0 Å². The van der Waals surface area contributed by atoms with Crippen molar-refractivity contribution >= 4 is 0 Å². The Bertz CT molecular complexity index is 298. The van der Waals surface area contributed by atoms with Crippen LogP contribution in [0.1, 0.15) is 26.0 Å².